The Labute approximate surface area is 174 Å². The molecule has 0 aliphatic carbocycles. The molecule has 0 fully saturated rings. The number of aliphatic hydroxyl groups excluding tert-OH is 1. The number of esters is 1. The van der Waals surface area contributed by atoms with Crippen LogP contribution in [-0.2, 0) is 16.7 Å². The Kier molecular flexibility index (Phi) is 6.22. The van der Waals surface area contributed by atoms with E-state index in [0.717, 1.165) is 4.68 Å². The van der Waals surface area contributed by atoms with Crippen LogP contribution in [0, 0.1) is 0 Å². The first-order valence-corrected chi connectivity index (χ1v) is 9.70. The highest BCUT2D eigenvalue weighted by atomic mass is 16.5. The van der Waals surface area contributed by atoms with Gasteiger partial charge in [-0.1, -0.05) is 51.1 Å². The predicted molar refractivity (Wildman–Crippen MR) is 114 cm³/mol. The smallest absolute Gasteiger partial charge is 0.359 e. The van der Waals surface area contributed by atoms with E-state index in [9.17, 15) is 14.7 Å². The first kappa shape index (κ1) is 21.5. The van der Waals surface area contributed by atoms with Crippen LogP contribution in [-0.4, -0.2) is 40.7 Å². The molecule has 0 saturated heterocycles. The van der Waals surface area contributed by atoms with Crippen molar-refractivity contribution in [3.8, 4) is 5.75 Å². The van der Waals surface area contributed by atoms with Gasteiger partial charge in [0.25, 0.3) is 5.56 Å². The van der Waals surface area contributed by atoms with Crippen molar-refractivity contribution in [3.05, 3.63) is 70.1 Å². The summed E-state index contributed by atoms with van der Waals surface area (Å²) >= 11 is 0. The van der Waals surface area contributed by atoms with E-state index in [1.54, 1.807) is 24.3 Å². The van der Waals surface area contributed by atoms with Gasteiger partial charge in [0.15, 0.2) is 5.69 Å². The lowest BCUT2D eigenvalue weighted by Crippen LogP contribution is -2.33. The number of methoxy groups -OCH3 is 1. The SMILES string of the molecule is COC(=O)c1nn(CC(O)COc2ccc(C(C)(C)C)cc2)c(=O)c2ccccc12. The van der Waals surface area contributed by atoms with Crippen molar-refractivity contribution in [1.82, 2.24) is 9.78 Å². The average Bonchev–Trinajstić information content (AvgIpc) is 2.73. The van der Waals surface area contributed by atoms with E-state index in [2.05, 4.69) is 25.9 Å². The molecule has 2 aromatic carbocycles. The molecule has 1 aromatic heterocycles. The minimum atomic E-state index is -0.996. The summed E-state index contributed by atoms with van der Waals surface area (Å²) in [4.78, 5) is 24.8. The molecule has 3 rings (SSSR count). The molecule has 1 atom stereocenters. The topological polar surface area (TPSA) is 90.7 Å². The van der Waals surface area contributed by atoms with Crippen LogP contribution in [0.15, 0.2) is 53.3 Å². The fraction of sp³-hybridized carbons (Fsp3) is 0.348. The van der Waals surface area contributed by atoms with Gasteiger partial charge in [0.1, 0.15) is 18.5 Å². The Balaban J connectivity index is 1.76. The largest absolute Gasteiger partial charge is 0.491 e. The van der Waals surface area contributed by atoms with Gasteiger partial charge in [-0.05, 0) is 29.2 Å². The number of carbonyl (C=O) groups is 1. The average molecular weight is 410 g/mol. The van der Waals surface area contributed by atoms with Crippen LogP contribution in [0.2, 0.25) is 0 Å². The predicted octanol–water partition coefficient (Wildman–Crippen LogP) is 2.92. The van der Waals surface area contributed by atoms with Gasteiger partial charge in [0.05, 0.1) is 19.0 Å². The zero-order valence-corrected chi connectivity index (χ0v) is 17.6. The van der Waals surface area contributed by atoms with Gasteiger partial charge >= 0.3 is 5.97 Å². The molecule has 0 aliphatic heterocycles. The van der Waals surface area contributed by atoms with Crippen molar-refractivity contribution in [2.75, 3.05) is 13.7 Å². The summed E-state index contributed by atoms with van der Waals surface area (Å²) in [5.41, 5.74) is 0.848. The third kappa shape index (κ3) is 4.68. The molecule has 7 nitrogen and oxygen atoms in total. The Bertz CT molecular complexity index is 1100. The van der Waals surface area contributed by atoms with Crippen LogP contribution >= 0.6 is 0 Å². The van der Waals surface area contributed by atoms with E-state index >= 15 is 0 Å². The van der Waals surface area contributed by atoms with Crippen LogP contribution in [0.3, 0.4) is 0 Å². The van der Waals surface area contributed by atoms with Crippen molar-refractivity contribution in [1.29, 1.82) is 0 Å². The third-order valence-electron chi connectivity index (χ3n) is 4.79. The molecule has 0 radical (unpaired) electrons. The summed E-state index contributed by atoms with van der Waals surface area (Å²) in [6.45, 7) is 6.24. The number of nitrogens with zero attached hydrogens (tertiary/aromatic N) is 2. The molecule has 0 saturated carbocycles. The van der Waals surface area contributed by atoms with Crippen molar-refractivity contribution < 1.29 is 19.4 Å². The number of fused-ring (bicyclic) bond motifs is 1. The van der Waals surface area contributed by atoms with Gasteiger partial charge in [-0.15, -0.1) is 0 Å². The molecule has 7 heteroatoms. The van der Waals surface area contributed by atoms with Crippen LogP contribution in [0.25, 0.3) is 10.8 Å². The Morgan fingerprint density at radius 1 is 1.10 bits per heavy atom. The molecule has 3 aromatic rings. The summed E-state index contributed by atoms with van der Waals surface area (Å²) in [6.07, 6.45) is -0.996. The van der Waals surface area contributed by atoms with Crippen LogP contribution in [0.1, 0.15) is 36.8 Å². The molecular formula is C23H26N2O5. The van der Waals surface area contributed by atoms with Crippen LogP contribution in [0.5, 0.6) is 5.75 Å². The van der Waals surface area contributed by atoms with Gasteiger partial charge < -0.3 is 14.6 Å². The highest BCUT2D eigenvalue weighted by Crippen LogP contribution is 2.24. The van der Waals surface area contributed by atoms with Gasteiger partial charge in [-0.2, -0.15) is 5.10 Å². The fourth-order valence-corrected chi connectivity index (χ4v) is 3.10. The second-order valence-corrected chi connectivity index (χ2v) is 8.11. The molecular weight excluding hydrogens is 384 g/mol. The number of rotatable bonds is 6. The molecule has 0 spiro atoms. The third-order valence-corrected chi connectivity index (χ3v) is 4.79. The summed E-state index contributed by atoms with van der Waals surface area (Å²) in [7, 11) is 1.25. The maximum Gasteiger partial charge on any atom is 0.359 e. The fourth-order valence-electron chi connectivity index (χ4n) is 3.10. The molecule has 158 valence electrons. The summed E-state index contributed by atoms with van der Waals surface area (Å²) in [5.74, 6) is -0.0271. The number of benzene rings is 2. The van der Waals surface area contributed by atoms with Crippen LogP contribution < -0.4 is 10.3 Å². The number of aromatic nitrogens is 2. The van der Waals surface area contributed by atoms with Crippen molar-refractivity contribution in [2.24, 2.45) is 0 Å². The zero-order chi connectivity index (χ0) is 21.9. The molecule has 0 bridgehead atoms. The van der Waals surface area contributed by atoms with Crippen LogP contribution in [0.4, 0.5) is 0 Å². The maximum absolute atomic E-state index is 12.7. The van der Waals surface area contributed by atoms with Gasteiger partial charge in [0.2, 0.25) is 0 Å². The van der Waals surface area contributed by atoms with E-state index in [0.29, 0.717) is 16.5 Å². The summed E-state index contributed by atoms with van der Waals surface area (Å²) in [6, 6.07) is 14.3. The Morgan fingerprint density at radius 2 is 1.73 bits per heavy atom. The van der Waals surface area contributed by atoms with Crippen molar-refractivity contribution in [3.63, 3.8) is 0 Å². The number of hydrogen-bond acceptors (Lipinski definition) is 6. The zero-order valence-electron chi connectivity index (χ0n) is 17.6. The Morgan fingerprint density at radius 3 is 2.33 bits per heavy atom. The van der Waals surface area contributed by atoms with E-state index < -0.39 is 17.6 Å². The highest BCUT2D eigenvalue weighted by molar-refractivity contribution is 6.01. The van der Waals surface area contributed by atoms with E-state index in [4.69, 9.17) is 9.47 Å². The molecule has 1 unspecified atom stereocenters. The molecule has 30 heavy (non-hydrogen) atoms. The molecule has 1 heterocycles. The van der Waals surface area contributed by atoms with Crippen molar-refractivity contribution >= 4 is 16.7 Å². The summed E-state index contributed by atoms with van der Waals surface area (Å²) in [5, 5.41) is 15.3. The lowest BCUT2D eigenvalue weighted by atomic mass is 9.87. The monoisotopic (exact) mass is 410 g/mol. The lowest BCUT2D eigenvalue weighted by Gasteiger charge is -2.19. The molecule has 1 N–H and O–H groups in total. The number of carbonyl (C=O) groups excluding carboxylic acids is 1. The highest BCUT2D eigenvalue weighted by Gasteiger charge is 2.19. The molecule has 0 amide bonds. The number of ether oxygens (including phenoxy) is 2. The second kappa shape index (κ2) is 8.67. The van der Waals surface area contributed by atoms with Gasteiger partial charge in [-0.3, -0.25) is 4.79 Å². The van der Waals surface area contributed by atoms with Crippen molar-refractivity contribution in [2.45, 2.75) is 38.8 Å². The number of hydrogen-bond donors (Lipinski definition) is 1. The maximum atomic E-state index is 12.7. The normalized spacial score (nSPS) is 12.6. The molecule has 0 aliphatic rings. The summed E-state index contributed by atoms with van der Waals surface area (Å²) < 4.78 is 11.5. The van der Waals surface area contributed by atoms with Gasteiger partial charge in [-0.25, -0.2) is 9.48 Å². The minimum Gasteiger partial charge on any atom is -0.491 e. The van der Waals surface area contributed by atoms with E-state index in [1.807, 2.05) is 24.3 Å². The first-order valence-electron chi connectivity index (χ1n) is 9.70. The lowest BCUT2D eigenvalue weighted by molar-refractivity contribution is 0.0588. The second-order valence-electron chi connectivity index (χ2n) is 8.11. The standard InChI is InChI=1S/C23H26N2O5/c1-23(2,3)15-9-11-17(12-10-15)30-14-16(26)13-25-21(27)19-8-6-5-7-18(19)20(24-25)22(28)29-4/h5-12,16,26H,13-14H2,1-4H3. The first-order chi connectivity index (χ1) is 14.2. The van der Waals surface area contributed by atoms with E-state index in [1.165, 1.54) is 12.7 Å². The van der Waals surface area contributed by atoms with Gasteiger partial charge in [0, 0.05) is 5.39 Å². The quantitative estimate of drug-likeness (QED) is 0.629. The Hall–Kier alpha value is -3.19. The van der Waals surface area contributed by atoms with E-state index in [-0.39, 0.29) is 24.3 Å². The minimum absolute atomic E-state index is 0.0244. The number of aliphatic hydroxyl groups is 1.